The first kappa shape index (κ1) is 19.6. The molecule has 0 bridgehead atoms. The van der Waals surface area contributed by atoms with Gasteiger partial charge in [-0.2, -0.15) is 13.2 Å². The number of carbonyl (C=O) groups excluding carboxylic acids is 1. The summed E-state index contributed by atoms with van der Waals surface area (Å²) in [5.41, 5.74) is 0.455. The van der Waals surface area contributed by atoms with Gasteiger partial charge in [-0.05, 0) is 37.3 Å². The number of hydrogen-bond acceptors (Lipinski definition) is 6. The predicted octanol–water partition coefficient (Wildman–Crippen LogP) is 4.11. The number of rotatable bonds is 3. The van der Waals surface area contributed by atoms with Crippen molar-refractivity contribution in [2.24, 2.45) is 0 Å². The number of ether oxygens (including phenoxy) is 1. The van der Waals surface area contributed by atoms with Crippen LogP contribution >= 0.6 is 11.3 Å². The Morgan fingerprint density at radius 3 is 2.62 bits per heavy atom. The van der Waals surface area contributed by atoms with Gasteiger partial charge in [0.25, 0.3) is 5.91 Å². The number of aryl methyl sites for hydroxylation is 1. The number of anilines is 2. The zero-order valence-corrected chi connectivity index (χ0v) is 16.2. The second-order valence-electron chi connectivity index (χ2n) is 6.56. The fraction of sp³-hybridized carbons (Fsp3) is 0.316. The summed E-state index contributed by atoms with van der Waals surface area (Å²) in [7, 11) is 0. The fourth-order valence-corrected chi connectivity index (χ4v) is 4.09. The van der Waals surface area contributed by atoms with Crippen LogP contribution in [-0.4, -0.2) is 42.2 Å². The van der Waals surface area contributed by atoms with Gasteiger partial charge in [-0.25, -0.2) is 9.97 Å². The molecule has 1 aliphatic heterocycles. The number of benzene rings is 1. The lowest BCUT2D eigenvalue weighted by molar-refractivity contribution is -0.141. The number of nitrogens with one attached hydrogen (secondary N) is 1. The van der Waals surface area contributed by atoms with Crippen molar-refractivity contribution >= 4 is 38.3 Å². The Bertz CT molecular complexity index is 1060. The van der Waals surface area contributed by atoms with Crippen LogP contribution in [0.4, 0.5) is 24.0 Å². The minimum Gasteiger partial charge on any atom is -0.378 e. The van der Waals surface area contributed by atoms with Crippen LogP contribution in [0.15, 0.2) is 30.3 Å². The molecule has 1 amide bonds. The van der Waals surface area contributed by atoms with E-state index in [2.05, 4.69) is 20.2 Å². The number of alkyl halides is 3. The summed E-state index contributed by atoms with van der Waals surface area (Å²) in [4.78, 5) is 22.8. The van der Waals surface area contributed by atoms with E-state index < -0.39 is 17.8 Å². The van der Waals surface area contributed by atoms with E-state index in [9.17, 15) is 18.0 Å². The Morgan fingerprint density at radius 2 is 1.93 bits per heavy atom. The SMILES string of the molecule is Cc1nc(C(F)(F)F)ccc1C(=O)Nc1ccc2nc(N3CCOCC3)sc2c1. The third kappa shape index (κ3) is 4.18. The molecular weight excluding hydrogens is 405 g/mol. The Hall–Kier alpha value is -2.72. The quantitative estimate of drug-likeness (QED) is 0.688. The van der Waals surface area contributed by atoms with E-state index >= 15 is 0 Å². The molecule has 29 heavy (non-hydrogen) atoms. The lowest BCUT2D eigenvalue weighted by atomic mass is 10.1. The molecule has 3 heterocycles. The first-order valence-corrected chi connectivity index (χ1v) is 9.72. The summed E-state index contributed by atoms with van der Waals surface area (Å²) in [6, 6.07) is 7.28. The van der Waals surface area contributed by atoms with Crippen LogP contribution in [0.5, 0.6) is 0 Å². The standard InChI is InChI=1S/C19H17F3N4O2S/c1-11-13(3-5-16(23-11)19(20,21)22)17(27)24-12-2-4-14-15(10-12)29-18(25-14)26-6-8-28-9-7-26/h2-5,10H,6-9H2,1H3,(H,24,27). The number of halogens is 3. The second-order valence-corrected chi connectivity index (χ2v) is 7.57. The summed E-state index contributed by atoms with van der Waals surface area (Å²) >= 11 is 1.52. The third-order valence-corrected chi connectivity index (χ3v) is 5.62. The van der Waals surface area contributed by atoms with Gasteiger partial charge >= 0.3 is 6.18 Å². The predicted molar refractivity (Wildman–Crippen MR) is 105 cm³/mol. The molecule has 1 N–H and O–H groups in total. The number of aromatic nitrogens is 2. The maximum absolute atomic E-state index is 12.8. The molecule has 1 aromatic carbocycles. The zero-order valence-electron chi connectivity index (χ0n) is 15.4. The van der Waals surface area contributed by atoms with Gasteiger partial charge in [-0.15, -0.1) is 0 Å². The van der Waals surface area contributed by atoms with Crippen LogP contribution in [0, 0.1) is 6.92 Å². The lowest BCUT2D eigenvalue weighted by Crippen LogP contribution is -2.36. The monoisotopic (exact) mass is 422 g/mol. The number of thiazole rings is 1. The molecule has 0 saturated carbocycles. The van der Waals surface area contributed by atoms with E-state index in [1.807, 2.05) is 12.1 Å². The fourth-order valence-electron chi connectivity index (χ4n) is 3.04. The maximum Gasteiger partial charge on any atom is 0.433 e. The molecule has 0 atom stereocenters. The average Bonchev–Trinajstić information content (AvgIpc) is 3.11. The van der Waals surface area contributed by atoms with Gasteiger partial charge in [0.1, 0.15) is 5.69 Å². The molecule has 1 aliphatic rings. The molecule has 3 aromatic rings. The minimum atomic E-state index is -4.55. The number of pyridine rings is 1. The van der Waals surface area contributed by atoms with Gasteiger partial charge in [0.15, 0.2) is 5.13 Å². The Labute approximate surface area is 168 Å². The zero-order chi connectivity index (χ0) is 20.6. The van der Waals surface area contributed by atoms with Crippen LogP contribution in [0.25, 0.3) is 10.2 Å². The van der Waals surface area contributed by atoms with Crippen LogP contribution in [0.1, 0.15) is 21.7 Å². The normalized spacial score (nSPS) is 15.0. The largest absolute Gasteiger partial charge is 0.433 e. The molecule has 10 heteroatoms. The first-order chi connectivity index (χ1) is 13.8. The van der Waals surface area contributed by atoms with Gasteiger partial charge < -0.3 is 15.0 Å². The van der Waals surface area contributed by atoms with E-state index in [4.69, 9.17) is 4.74 Å². The summed E-state index contributed by atoms with van der Waals surface area (Å²) in [6.45, 7) is 4.27. The maximum atomic E-state index is 12.8. The van der Waals surface area contributed by atoms with E-state index in [1.54, 1.807) is 6.07 Å². The number of morpholine rings is 1. The van der Waals surface area contributed by atoms with E-state index in [0.717, 1.165) is 40.6 Å². The van der Waals surface area contributed by atoms with Crippen molar-refractivity contribution in [1.82, 2.24) is 9.97 Å². The average molecular weight is 422 g/mol. The molecule has 0 radical (unpaired) electrons. The molecular formula is C19H17F3N4O2S. The molecule has 4 rings (SSSR count). The van der Waals surface area contributed by atoms with Gasteiger partial charge in [-0.1, -0.05) is 11.3 Å². The van der Waals surface area contributed by atoms with Crippen LogP contribution < -0.4 is 10.2 Å². The topological polar surface area (TPSA) is 67.4 Å². The second kappa shape index (κ2) is 7.60. The van der Waals surface area contributed by atoms with Gasteiger partial charge in [0, 0.05) is 18.8 Å². The molecule has 0 spiro atoms. The van der Waals surface area contributed by atoms with E-state index in [-0.39, 0.29) is 11.3 Å². The Kier molecular flexibility index (Phi) is 5.13. The number of amides is 1. The van der Waals surface area contributed by atoms with E-state index in [1.165, 1.54) is 18.3 Å². The summed E-state index contributed by atoms with van der Waals surface area (Å²) < 4.78 is 44.5. The highest BCUT2D eigenvalue weighted by Crippen LogP contribution is 2.32. The van der Waals surface area contributed by atoms with Gasteiger partial charge in [0.05, 0.1) is 34.7 Å². The summed E-state index contributed by atoms with van der Waals surface area (Å²) in [5.74, 6) is -0.513. The van der Waals surface area contributed by atoms with Gasteiger partial charge in [0.2, 0.25) is 0 Å². The van der Waals surface area contributed by atoms with E-state index in [0.29, 0.717) is 18.9 Å². The van der Waals surface area contributed by atoms with Crippen LogP contribution in [-0.2, 0) is 10.9 Å². The highest BCUT2D eigenvalue weighted by molar-refractivity contribution is 7.22. The van der Waals surface area contributed by atoms with Crippen molar-refractivity contribution in [2.45, 2.75) is 13.1 Å². The molecule has 1 fully saturated rings. The molecule has 0 unspecified atom stereocenters. The van der Waals surface area contributed by atoms with Crippen molar-refractivity contribution in [3.63, 3.8) is 0 Å². The van der Waals surface area contributed by atoms with Crippen LogP contribution in [0.3, 0.4) is 0 Å². The van der Waals surface area contributed by atoms with Crippen molar-refractivity contribution in [1.29, 1.82) is 0 Å². The van der Waals surface area contributed by atoms with Crippen molar-refractivity contribution in [3.05, 3.63) is 47.3 Å². The Balaban J connectivity index is 1.53. The molecule has 6 nitrogen and oxygen atoms in total. The smallest absolute Gasteiger partial charge is 0.378 e. The molecule has 152 valence electrons. The third-order valence-electron chi connectivity index (χ3n) is 4.54. The van der Waals surface area contributed by atoms with Gasteiger partial charge in [-0.3, -0.25) is 4.79 Å². The van der Waals surface area contributed by atoms with Crippen molar-refractivity contribution < 1.29 is 22.7 Å². The minimum absolute atomic E-state index is 0.0193. The number of carbonyl (C=O) groups is 1. The summed E-state index contributed by atoms with van der Waals surface area (Å²) in [5, 5.41) is 3.62. The summed E-state index contributed by atoms with van der Waals surface area (Å²) in [6.07, 6.45) is -4.55. The number of nitrogens with zero attached hydrogens (tertiary/aromatic N) is 3. The van der Waals surface area contributed by atoms with Crippen molar-refractivity contribution in [3.8, 4) is 0 Å². The first-order valence-electron chi connectivity index (χ1n) is 8.91. The van der Waals surface area contributed by atoms with Crippen molar-refractivity contribution in [2.75, 3.05) is 36.5 Å². The lowest BCUT2D eigenvalue weighted by Gasteiger charge is -2.25. The highest BCUT2D eigenvalue weighted by Gasteiger charge is 2.33. The molecule has 1 saturated heterocycles. The molecule has 2 aromatic heterocycles. The number of fused-ring (bicyclic) bond motifs is 1. The number of hydrogen-bond donors (Lipinski definition) is 1. The van der Waals surface area contributed by atoms with Crippen LogP contribution in [0.2, 0.25) is 0 Å². The Morgan fingerprint density at radius 1 is 1.17 bits per heavy atom. The highest BCUT2D eigenvalue weighted by atomic mass is 32.1. The molecule has 0 aliphatic carbocycles.